The molecule has 2 nitrogen and oxygen atoms in total. The van der Waals surface area contributed by atoms with Crippen molar-refractivity contribution < 1.29 is 0 Å². The molecule has 4 unspecified atom stereocenters. The molecule has 0 bridgehead atoms. The summed E-state index contributed by atoms with van der Waals surface area (Å²) < 4.78 is 0. The van der Waals surface area contributed by atoms with Crippen LogP contribution in [0.3, 0.4) is 0 Å². The number of hydrogen-bond acceptors (Lipinski definition) is 2. The number of hydrogen-bond donors (Lipinski definition) is 2. The molecule has 2 heteroatoms. The van der Waals surface area contributed by atoms with Gasteiger partial charge < -0.3 is 11.5 Å². The predicted molar refractivity (Wildman–Crippen MR) is 61.9 cm³/mol. The van der Waals surface area contributed by atoms with Gasteiger partial charge in [0, 0.05) is 0 Å². The Hall–Kier alpha value is -0.0800. The fourth-order valence-electron chi connectivity index (χ4n) is 3.12. The van der Waals surface area contributed by atoms with Crippen molar-refractivity contribution in [2.75, 3.05) is 13.1 Å². The van der Waals surface area contributed by atoms with Crippen LogP contribution in [0.15, 0.2) is 0 Å². The van der Waals surface area contributed by atoms with Gasteiger partial charge in [-0.3, -0.25) is 0 Å². The van der Waals surface area contributed by atoms with Gasteiger partial charge in [-0.2, -0.15) is 0 Å². The molecule has 4 N–H and O–H groups in total. The van der Waals surface area contributed by atoms with E-state index in [1.807, 2.05) is 0 Å². The van der Waals surface area contributed by atoms with Crippen LogP contribution in [0.4, 0.5) is 0 Å². The van der Waals surface area contributed by atoms with E-state index in [0.29, 0.717) is 0 Å². The zero-order valence-corrected chi connectivity index (χ0v) is 9.71. The van der Waals surface area contributed by atoms with E-state index in [4.69, 9.17) is 11.5 Å². The Morgan fingerprint density at radius 1 is 0.786 bits per heavy atom. The fourth-order valence-corrected chi connectivity index (χ4v) is 3.12. The molecule has 84 valence electrons. The lowest BCUT2D eigenvalue weighted by Crippen LogP contribution is -2.38. The van der Waals surface area contributed by atoms with Crippen molar-refractivity contribution in [3.05, 3.63) is 0 Å². The second-order valence-electron chi connectivity index (χ2n) is 4.80. The maximum atomic E-state index is 5.83. The van der Waals surface area contributed by atoms with Crippen molar-refractivity contribution in [2.24, 2.45) is 35.1 Å². The van der Waals surface area contributed by atoms with Gasteiger partial charge in [-0.1, -0.05) is 26.7 Å². The summed E-state index contributed by atoms with van der Waals surface area (Å²) in [5.41, 5.74) is 11.7. The van der Waals surface area contributed by atoms with Gasteiger partial charge >= 0.3 is 0 Å². The van der Waals surface area contributed by atoms with Gasteiger partial charge in [0.25, 0.3) is 0 Å². The molecule has 1 saturated carbocycles. The summed E-state index contributed by atoms with van der Waals surface area (Å²) in [4.78, 5) is 0. The van der Waals surface area contributed by atoms with E-state index in [2.05, 4.69) is 13.8 Å². The SMILES string of the molecule is CCC1CC(CC)C(CN)CC1CN. The summed E-state index contributed by atoms with van der Waals surface area (Å²) in [5, 5.41) is 0. The van der Waals surface area contributed by atoms with Crippen LogP contribution in [0.5, 0.6) is 0 Å². The van der Waals surface area contributed by atoms with Gasteiger partial charge in [0.05, 0.1) is 0 Å². The molecule has 14 heavy (non-hydrogen) atoms. The molecule has 4 atom stereocenters. The van der Waals surface area contributed by atoms with E-state index in [-0.39, 0.29) is 0 Å². The Kier molecular flexibility index (Phi) is 4.90. The fraction of sp³-hybridized carbons (Fsp3) is 1.00. The van der Waals surface area contributed by atoms with Crippen LogP contribution in [0.25, 0.3) is 0 Å². The first kappa shape index (κ1) is 12.0. The van der Waals surface area contributed by atoms with Crippen molar-refractivity contribution >= 4 is 0 Å². The zero-order chi connectivity index (χ0) is 10.6. The van der Waals surface area contributed by atoms with Crippen LogP contribution >= 0.6 is 0 Å². The summed E-state index contributed by atoms with van der Waals surface area (Å²) in [6.45, 7) is 6.29. The molecule has 0 amide bonds. The second kappa shape index (κ2) is 5.72. The summed E-state index contributed by atoms with van der Waals surface area (Å²) in [7, 11) is 0. The molecule has 1 aliphatic rings. The monoisotopic (exact) mass is 198 g/mol. The van der Waals surface area contributed by atoms with E-state index in [1.165, 1.54) is 25.7 Å². The highest BCUT2D eigenvalue weighted by Gasteiger charge is 2.33. The standard InChI is InChI=1S/C12H26N2/c1-3-9-5-10(4-2)12(8-14)6-11(9)7-13/h9-12H,3-8,13-14H2,1-2H3. The van der Waals surface area contributed by atoms with Crippen LogP contribution < -0.4 is 11.5 Å². The molecule has 1 fully saturated rings. The highest BCUT2D eigenvalue weighted by atomic mass is 14.6. The third-order valence-electron chi connectivity index (χ3n) is 4.20. The molecule has 0 radical (unpaired) electrons. The number of nitrogens with two attached hydrogens (primary N) is 2. The molecule has 0 aromatic heterocycles. The Bertz CT molecular complexity index is 124. The lowest BCUT2D eigenvalue weighted by molar-refractivity contribution is 0.114. The summed E-state index contributed by atoms with van der Waals surface area (Å²) in [6.07, 6.45) is 5.20. The van der Waals surface area contributed by atoms with Crippen molar-refractivity contribution in [1.29, 1.82) is 0 Å². The molecule has 1 aliphatic carbocycles. The first-order chi connectivity index (χ1) is 6.76. The largest absolute Gasteiger partial charge is 0.330 e. The van der Waals surface area contributed by atoms with Gasteiger partial charge in [0.15, 0.2) is 0 Å². The minimum absolute atomic E-state index is 0.733. The first-order valence-electron chi connectivity index (χ1n) is 6.16. The minimum atomic E-state index is 0.733. The lowest BCUT2D eigenvalue weighted by atomic mass is 9.66. The third-order valence-corrected chi connectivity index (χ3v) is 4.20. The van der Waals surface area contributed by atoms with Crippen molar-refractivity contribution in [2.45, 2.75) is 39.5 Å². The van der Waals surface area contributed by atoms with Crippen molar-refractivity contribution in [1.82, 2.24) is 0 Å². The van der Waals surface area contributed by atoms with Crippen LogP contribution in [-0.4, -0.2) is 13.1 Å². The maximum Gasteiger partial charge on any atom is -0.00461 e. The lowest BCUT2D eigenvalue weighted by Gasteiger charge is -2.40. The zero-order valence-electron chi connectivity index (χ0n) is 9.71. The van der Waals surface area contributed by atoms with E-state index in [9.17, 15) is 0 Å². The van der Waals surface area contributed by atoms with Gasteiger partial charge in [0.1, 0.15) is 0 Å². The third kappa shape index (κ3) is 2.48. The topological polar surface area (TPSA) is 52.0 Å². The minimum Gasteiger partial charge on any atom is -0.330 e. The van der Waals surface area contributed by atoms with Gasteiger partial charge in [-0.15, -0.1) is 0 Å². The quantitative estimate of drug-likeness (QED) is 0.726. The van der Waals surface area contributed by atoms with E-state index >= 15 is 0 Å². The van der Waals surface area contributed by atoms with E-state index in [0.717, 1.165) is 36.8 Å². The van der Waals surface area contributed by atoms with Crippen molar-refractivity contribution in [3.8, 4) is 0 Å². The highest BCUT2D eigenvalue weighted by Crippen LogP contribution is 2.40. The van der Waals surface area contributed by atoms with Gasteiger partial charge in [-0.25, -0.2) is 0 Å². The average molecular weight is 198 g/mol. The molecule has 0 aromatic carbocycles. The summed E-state index contributed by atoms with van der Waals surface area (Å²) >= 11 is 0. The normalized spacial score (nSPS) is 38.6. The Morgan fingerprint density at radius 2 is 1.14 bits per heavy atom. The van der Waals surface area contributed by atoms with Crippen LogP contribution in [0.1, 0.15) is 39.5 Å². The summed E-state index contributed by atoms with van der Waals surface area (Å²) in [5.74, 6) is 3.17. The Morgan fingerprint density at radius 3 is 1.43 bits per heavy atom. The van der Waals surface area contributed by atoms with Crippen LogP contribution in [0.2, 0.25) is 0 Å². The smallest absolute Gasteiger partial charge is 0.00461 e. The van der Waals surface area contributed by atoms with Gasteiger partial charge in [-0.05, 0) is 49.6 Å². The molecular weight excluding hydrogens is 172 g/mol. The van der Waals surface area contributed by atoms with E-state index in [1.54, 1.807) is 0 Å². The Labute approximate surface area is 88.4 Å². The second-order valence-corrected chi connectivity index (χ2v) is 4.80. The van der Waals surface area contributed by atoms with Gasteiger partial charge in [0.2, 0.25) is 0 Å². The molecule has 1 rings (SSSR count). The van der Waals surface area contributed by atoms with Crippen molar-refractivity contribution in [3.63, 3.8) is 0 Å². The summed E-state index contributed by atoms with van der Waals surface area (Å²) in [6, 6.07) is 0. The number of rotatable bonds is 4. The average Bonchev–Trinajstić information content (AvgIpc) is 2.26. The van der Waals surface area contributed by atoms with Crippen LogP contribution in [0, 0.1) is 23.7 Å². The highest BCUT2D eigenvalue weighted by molar-refractivity contribution is 4.85. The van der Waals surface area contributed by atoms with E-state index < -0.39 is 0 Å². The maximum absolute atomic E-state index is 5.83. The van der Waals surface area contributed by atoms with Crippen LogP contribution in [-0.2, 0) is 0 Å². The molecule has 0 aromatic rings. The predicted octanol–water partition coefficient (Wildman–Crippen LogP) is 1.98. The molecular formula is C12H26N2. The molecule has 0 spiro atoms. The molecule has 0 heterocycles. The Balaban J connectivity index is 2.59. The first-order valence-corrected chi connectivity index (χ1v) is 6.16. The molecule has 0 aliphatic heterocycles. The molecule has 0 saturated heterocycles.